The Hall–Kier alpha value is -7.87. The highest BCUT2D eigenvalue weighted by Gasteiger charge is 2.36. The van der Waals surface area contributed by atoms with E-state index in [1.54, 1.807) is 0 Å². The number of rotatable bonds is 6. The molecule has 2 aromatic heterocycles. The summed E-state index contributed by atoms with van der Waals surface area (Å²) in [6.07, 6.45) is 0. The number of nitrogens with zero attached hydrogens (tertiary/aromatic N) is 4. The third-order valence-electron chi connectivity index (χ3n) is 12.2. The third kappa shape index (κ3) is 5.82. The van der Waals surface area contributed by atoms with Crippen molar-refractivity contribution >= 4 is 21.8 Å². The average molecular weight is 767 g/mol. The van der Waals surface area contributed by atoms with Gasteiger partial charge >= 0.3 is 0 Å². The van der Waals surface area contributed by atoms with Crippen molar-refractivity contribution in [2.24, 2.45) is 0 Å². The van der Waals surface area contributed by atoms with E-state index >= 15 is 0 Å². The van der Waals surface area contributed by atoms with Crippen LogP contribution in [0.3, 0.4) is 0 Å². The van der Waals surface area contributed by atoms with Crippen LogP contribution < -0.4 is 0 Å². The first-order valence-corrected chi connectivity index (χ1v) is 20.4. The Morgan fingerprint density at radius 1 is 0.433 bits per heavy atom. The molecule has 60 heavy (non-hydrogen) atoms. The van der Waals surface area contributed by atoms with Crippen molar-refractivity contribution < 1.29 is 0 Å². The SMILES string of the molecule is CC1(C)c2ccccc2-c2cc3c4ccc(-c5ccccc5)cc4n(-c4cc(-c5cccc(C#N)c5)cc(-c5nc(-c6ccccc6)cc(-c6ccccc6)n5)c4)c3cc21. The molecule has 0 fully saturated rings. The summed E-state index contributed by atoms with van der Waals surface area (Å²) in [5.74, 6) is 0.623. The van der Waals surface area contributed by atoms with Gasteiger partial charge in [-0.05, 0) is 99.1 Å². The highest BCUT2D eigenvalue weighted by Crippen LogP contribution is 2.51. The molecule has 2 heterocycles. The molecule has 4 nitrogen and oxygen atoms in total. The van der Waals surface area contributed by atoms with E-state index in [0.717, 1.165) is 67.1 Å². The van der Waals surface area contributed by atoms with Crippen molar-refractivity contribution in [2.45, 2.75) is 19.3 Å². The molecule has 0 aliphatic heterocycles. The molecule has 4 heteroatoms. The van der Waals surface area contributed by atoms with Crippen molar-refractivity contribution in [2.75, 3.05) is 0 Å². The molecule has 0 atom stereocenters. The number of fused-ring (bicyclic) bond motifs is 6. The molecule has 0 amide bonds. The maximum atomic E-state index is 9.99. The lowest BCUT2D eigenvalue weighted by Gasteiger charge is -2.22. The fraction of sp³-hybridized carbons (Fsp3) is 0.0536. The van der Waals surface area contributed by atoms with Crippen molar-refractivity contribution in [1.29, 1.82) is 5.26 Å². The molecule has 282 valence electrons. The summed E-state index contributed by atoms with van der Waals surface area (Å²) < 4.78 is 2.43. The van der Waals surface area contributed by atoms with Crippen LogP contribution in [0.1, 0.15) is 30.5 Å². The Kier molecular flexibility index (Phi) is 8.18. The van der Waals surface area contributed by atoms with E-state index in [9.17, 15) is 5.26 Å². The minimum absolute atomic E-state index is 0.180. The van der Waals surface area contributed by atoms with Crippen molar-refractivity contribution in [3.63, 3.8) is 0 Å². The maximum absolute atomic E-state index is 9.99. The van der Waals surface area contributed by atoms with Gasteiger partial charge in [-0.15, -0.1) is 0 Å². The van der Waals surface area contributed by atoms with Gasteiger partial charge < -0.3 is 4.57 Å². The Morgan fingerprint density at radius 3 is 1.73 bits per heavy atom. The predicted molar refractivity (Wildman–Crippen MR) is 246 cm³/mol. The topological polar surface area (TPSA) is 54.5 Å². The van der Waals surface area contributed by atoms with Gasteiger partial charge in [0.2, 0.25) is 0 Å². The minimum Gasteiger partial charge on any atom is -0.309 e. The average Bonchev–Trinajstić information content (AvgIpc) is 3.75. The van der Waals surface area contributed by atoms with Gasteiger partial charge in [-0.2, -0.15) is 5.26 Å². The number of nitriles is 1. The maximum Gasteiger partial charge on any atom is 0.160 e. The molecule has 0 spiro atoms. The van der Waals surface area contributed by atoms with Gasteiger partial charge in [0.25, 0.3) is 0 Å². The number of aromatic nitrogens is 3. The number of hydrogen-bond acceptors (Lipinski definition) is 3. The summed E-state index contributed by atoms with van der Waals surface area (Å²) in [6.45, 7) is 4.68. The summed E-state index contributed by atoms with van der Waals surface area (Å²) in [6, 6.07) is 70.7. The van der Waals surface area contributed by atoms with Gasteiger partial charge in [0.1, 0.15) is 0 Å². The minimum atomic E-state index is -0.180. The van der Waals surface area contributed by atoms with E-state index in [-0.39, 0.29) is 5.41 Å². The van der Waals surface area contributed by atoms with E-state index in [4.69, 9.17) is 9.97 Å². The molecule has 11 rings (SSSR count). The smallest absolute Gasteiger partial charge is 0.160 e. The summed E-state index contributed by atoms with van der Waals surface area (Å²) in [4.78, 5) is 10.6. The Balaban J connectivity index is 1.23. The highest BCUT2D eigenvalue weighted by atomic mass is 15.0. The van der Waals surface area contributed by atoms with Gasteiger partial charge in [0, 0.05) is 38.6 Å². The molecule has 0 saturated heterocycles. The van der Waals surface area contributed by atoms with E-state index in [1.165, 1.54) is 33.0 Å². The first-order valence-electron chi connectivity index (χ1n) is 20.4. The second kappa shape index (κ2) is 13.9. The summed E-state index contributed by atoms with van der Waals surface area (Å²) in [5, 5.41) is 12.4. The lowest BCUT2D eigenvalue weighted by molar-refractivity contribution is 0.661. The third-order valence-corrected chi connectivity index (χ3v) is 12.2. The van der Waals surface area contributed by atoms with Crippen LogP contribution in [0.2, 0.25) is 0 Å². The summed E-state index contributed by atoms with van der Waals surface area (Å²) in [7, 11) is 0. The fourth-order valence-electron chi connectivity index (χ4n) is 9.19. The Labute approximate surface area is 349 Å². The zero-order valence-electron chi connectivity index (χ0n) is 33.3. The van der Waals surface area contributed by atoms with Crippen molar-refractivity contribution in [3.8, 4) is 79.0 Å². The zero-order chi connectivity index (χ0) is 40.4. The van der Waals surface area contributed by atoms with E-state index in [1.807, 2.05) is 54.6 Å². The van der Waals surface area contributed by atoms with Gasteiger partial charge in [0.15, 0.2) is 5.82 Å². The van der Waals surface area contributed by atoms with Gasteiger partial charge in [-0.25, -0.2) is 9.97 Å². The first-order chi connectivity index (χ1) is 29.4. The van der Waals surface area contributed by atoms with E-state index < -0.39 is 0 Å². The lowest BCUT2D eigenvalue weighted by atomic mass is 9.82. The Bertz CT molecular complexity index is 3280. The zero-order valence-corrected chi connectivity index (χ0v) is 33.3. The molecular formula is C56H38N4. The molecule has 0 radical (unpaired) electrons. The molecule has 1 aliphatic rings. The molecule has 1 aliphatic carbocycles. The van der Waals surface area contributed by atoms with Gasteiger partial charge in [-0.3, -0.25) is 0 Å². The molecule has 0 bridgehead atoms. The molecule has 0 saturated carbocycles. The molecule has 10 aromatic rings. The highest BCUT2D eigenvalue weighted by molar-refractivity contribution is 6.12. The molecule has 0 unspecified atom stereocenters. The van der Waals surface area contributed by atoms with Crippen LogP contribution in [0, 0.1) is 11.3 Å². The van der Waals surface area contributed by atoms with Crippen LogP contribution in [0.15, 0.2) is 194 Å². The Morgan fingerprint density at radius 2 is 1.03 bits per heavy atom. The van der Waals surface area contributed by atoms with Crippen LogP contribution in [-0.4, -0.2) is 14.5 Å². The summed E-state index contributed by atoms with van der Waals surface area (Å²) >= 11 is 0. The summed E-state index contributed by atoms with van der Waals surface area (Å²) in [5.41, 5.74) is 17.7. The van der Waals surface area contributed by atoms with Gasteiger partial charge in [-0.1, -0.05) is 153 Å². The quantitative estimate of drug-likeness (QED) is 0.169. The second-order valence-electron chi connectivity index (χ2n) is 16.2. The molecular weight excluding hydrogens is 729 g/mol. The van der Waals surface area contributed by atoms with E-state index in [2.05, 4.69) is 164 Å². The van der Waals surface area contributed by atoms with Crippen LogP contribution in [0.4, 0.5) is 0 Å². The normalized spacial score (nSPS) is 12.6. The van der Waals surface area contributed by atoms with Crippen molar-refractivity contribution in [1.82, 2.24) is 14.5 Å². The van der Waals surface area contributed by atoms with Gasteiger partial charge in [0.05, 0.1) is 34.1 Å². The largest absolute Gasteiger partial charge is 0.309 e. The number of benzene rings is 8. The lowest BCUT2D eigenvalue weighted by Crippen LogP contribution is -2.15. The van der Waals surface area contributed by atoms with Crippen LogP contribution in [0.25, 0.3) is 94.8 Å². The molecule has 8 aromatic carbocycles. The van der Waals surface area contributed by atoms with Crippen LogP contribution in [-0.2, 0) is 5.41 Å². The monoisotopic (exact) mass is 766 g/mol. The van der Waals surface area contributed by atoms with Crippen LogP contribution in [0.5, 0.6) is 0 Å². The standard InChI is InChI=1S/C56H38N4/c1-56(2)49-24-13-12-23-45(49)47-32-48-46-26-25-41(37-16-6-3-7-17-37)31-53(46)60(54(48)33-50(47)56)44-29-42(40-22-14-15-36(27-40)35-57)28-43(30-44)55-58-51(38-18-8-4-9-19-38)34-52(59-55)39-20-10-5-11-21-39/h3-34H,1-2H3. The first kappa shape index (κ1) is 35.3. The fourth-order valence-corrected chi connectivity index (χ4v) is 9.19. The predicted octanol–water partition coefficient (Wildman–Crippen LogP) is 14.1. The molecule has 0 N–H and O–H groups in total. The second-order valence-corrected chi connectivity index (χ2v) is 16.2. The van der Waals surface area contributed by atoms with E-state index in [0.29, 0.717) is 11.4 Å². The number of hydrogen-bond donors (Lipinski definition) is 0. The van der Waals surface area contributed by atoms with Crippen LogP contribution >= 0.6 is 0 Å². The van der Waals surface area contributed by atoms with Crippen molar-refractivity contribution in [3.05, 3.63) is 211 Å².